The number of nitrogens with zero attached hydrogens (tertiary/aromatic N) is 2. The predicted octanol–water partition coefficient (Wildman–Crippen LogP) is 1.75. The molecule has 0 spiro atoms. The second-order valence-electron chi connectivity index (χ2n) is 4.67. The molecule has 0 aliphatic carbocycles. The average molecular weight is 240 g/mol. The molecule has 88 valence electrons. The van der Waals surface area contributed by atoms with Crippen molar-refractivity contribution >= 4 is 17.3 Å². The van der Waals surface area contributed by atoms with Gasteiger partial charge in [0.05, 0.1) is 10.4 Å². The van der Waals surface area contributed by atoms with Crippen molar-refractivity contribution in [2.24, 2.45) is 5.41 Å². The molecule has 2 rings (SSSR count). The van der Waals surface area contributed by atoms with Gasteiger partial charge in [0.2, 0.25) is 0 Å². The highest BCUT2D eigenvalue weighted by molar-refractivity contribution is 7.11. The molecular formula is C11H16N2O2S. The molecule has 1 aromatic heterocycles. The maximum Gasteiger partial charge on any atom is 0.310 e. The van der Waals surface area contributed by atoms with Crippen LogP contribution in [0.2, 0.25) is 0 Å². The highest BCUT2D eigenvalue weighted by Crippen LogP contribution is 2.31. The predicted molar refractivity (Wildman–Crippen MR) is 62.5 cm³/mol. The number of thiazole rings is 1. The van der Waals surface area contributed by atoms with E-state index in [1.54, 1.807) is 11.3 Å². The van der Waals surface area contributed by atoms with Crippen molar-refractivity contribution < 1.29 is 9.90 Å². The molecule has 1 unspecified atom stereocenters. The molecule has 5 heteroatoms. The van der Waals surface area contributed by atoms with Crippen molar-refractivity contribution in [2.75, 3.05) is 13.1 Å². The number of rotatable bonds is 3. The Morgan fingerprint density at radius 1 is 1.75 bits per heavy atom. The number of likely N-dealkylation sites (tertiary alicyclic amines) is 1. The number of hydrogen-bond acceptors (Lipinski definition) is 4. The van der Waals surface area contributed by atoms with Crippen molar-refractivity contribution in [1.82, 2.24) is 9.88 Å². The van der Waals surface area contributed by atoms with E-state index in [0.717, 1.165) is 24.5 Å². The number of hydrogen-bond donors (Lipinski definition) is 1. The fourth-order valence-corrected chi connectivity index (χ4v) is 2.90. The van der Waals surface area contributed by atoms with Gasteiger partial charge in [0.25, 0.3) is 0 Å². The Morgan fingerprint density at radius 3 is 3.00 bits per heavy atom. The van der Waals surface area contributed by atoms with E-state index in [1.807, 2.05) is 20.0 Å². The smallest absolute Gasteiger partial charge is 0.310 e. The van der Waals surface area contributed by atoms with Crippen molar-refractivity contribution in [3.8, 4) is 0 Å². The van der Waals surface area contributed by atoms with Gasteiger partial charge < -0.3 is 5.11 Å². The number of aliphatic carboxylic acids is 1. The minimum Gasteiger partial charge on any atom is -0.481 e. The summed E-state index contributed by atoms with van der Waals surface area (Å²) >= 11 is 1.68. The number of carboxylic acids is 1. The Balaban J connectivity index is 1.97. The van der Waals surface area contributed by atoms with Crippen LogP contribution in [0.5, 0.6) is 0 Å². The molecule has 1 aromatic rings. The second kappa shape index (κ2) is 4.14. The lowest BCUT2D eigenvalue weighted by atomic mass is 9.90. The van der Waals surface area contributed by atoms with Crippen LogP contribution in [-0.4, -0.2) is 34.0 Å². The molecule has 0 radical (unpaired) electrons. The van der Waals surface area contributed by atoms with Crippen molar-refractivity contribution in [3.05, 3.63) is 16.1 Å². The topological polar surface area (TPSA) is 53.4 Å². The molecule has 1 atom stereocenters. The van der Waals surface area contributed by atoms with Gasteiger partial charge in [-0.2, -0.15) is 0 Å². The zero-order valence-electron chi connectivity index (χ0n) is 9.56. The van der Waals surface area contributed by atoms with Crippen LogP contribution in [0.4, 0.5) is 0 Å². The van der Waals surface area contributed by atoms with E-state index in [4.69, 9.17) is 5.11 Å². The number of carbonyl (C=O) groups is 1. The first-order chi connectivity index (χ1) is 7.49. The van der Waals surface area contributed by atoms with Gasteiger partial charge in [-0.3, -0.25) is 9.69 Å². The second-order valence-corrected chi connectivity index (χ2v) is 5.99. The molecule has 2 heterocycles. The standard InChI is InChI=1S/C11H16N2O2S/c1-8-12-5-9(16-8)6-13-4-3-11(2,7-13)10(14)15/h5H,3-4,6-7H2,1-2H3,(H,14,15). The quantitative estimate of drug-likeness (QED) is 0.874. The van der Waals surface area contributed by atoms with E-state index in [0.29, 0.717) is 6.54 Å². The van der Waals surface area contributed by atoms with Crippen LogP contribution in [0.25, 0.3) is 0 Å². The Bertz CT molecular complexity index is 404. The number of aryl methyl sites for hydroxylation is 1. The molecule has 1 aliphatic rings. The molecule has 1 fully saturated rings. The first-order valence-electron chi connectivity index (χ1n) is 5.37. The van der Waals surface area contributed by atoms with Gasteiger partial charge in [0.1, 0.15) is 0 Å². The summed E-state index contributed by atoms with van der Waals surface area (Å²) in [6.07, 6.45) is 2.62. The van der Waals surface area contributed by atoms with Crippen molar-refractivity contribution in [1.29, 1.82) is 0 Å². The highest BCUT2D eigenvalue weighted by atomic mass is 32.1. The fourth-order valence-electron chi connectivity index (χ4n) is 2.06. The SMILES string of the molecule is Cc1ncc(CN2CCC(C)(C(=O)O)C2)s1. The molecule has 0 amide bonds. The summed E-state index contributed by atoms with van der Waals surface area (Å²) in [5.41, 5.74) is -0.570. The highest BCUT2D eigenvalue weighted by Gasteiger charge is 2.40. The minimum absolute atomic E-state index is 0.570. The summed E-state index contributed by atoms with van der Waals surface area (Å²) in [5.74, 6) is -0.685. The van der Waals surface area contributed by atoms with Gasteiger partial charge >= 0.3 is 5.97 Å². The van der Waals surface area contributed by atoms with E-state index in [1.165, 1.54) is 4.88 Å². The largest absolute Gasteiger partial charge is 0.481 e. The van der Waals surface area contributed by atoms with Gasteiger partial charge in [-0.15, -0.1) is 11.3 Å². The summed E-state index contributed by atoms with van der Waals surface area (Å²) in [6, 6.07) is 0. The molecule has 1 aliphatic heterocycles. The van der Waals surface area contributed by atoms with Crippen molar-refractivity contribution in [3.63, 3.8) is 0 Å². The fraction of sp³-hybridized carbons (Fsp3) is 0.636. The summed E-state index contributed by atoms with van der Waals surface area (Å²) in [4.78, 5) is 18.7. The maximum atomic E-state index is 11.1. The summed E-state index contributed by atoms with van der Waals surface area (Å²) in [5, 5.41) is 10.2. The van der Waals surface area contributed by atoms with Crippen LogP contribution in [0, 0.1) is 12.3 Å². The van der Waals surface area contributed by atoms with Gasteiger partial charge in [0, 0.05) is 24.2 Å². The molecule has 16 heavy (non-hydrogen) atoms. The van der Waals surface area contributed by atoms with Gasteiger partial charge in [-0.1, -0.05) is 0 Å². The molecule has 1 N–H and O–H groups in total. The van der Waals surface area contributed by atoms with Crippen LogP contribution in [0.3, 0.4) is 0 Å². The van der Waals surface area contributed by atoms with E-state index < -0.39 is 11.4 Å². The Morgan fingerprint density at radius 2 is 2.50 bits per heavy atom. The molecule has 4 nitrogen and oxygen atoms in total. The van der Waals surface area contributed by atoms with E-state index in [9.17, 15) is 4.79 Å². The first kappa shape index (κ1) is 11.5. The van der Waals surface area contributed by atoms with Gasteiger partial charge in [-0.25, -0.2) is 4.98 Å². The third kappa shape index (κ3) is 2.25. The van der Waals surface area contributed by atoms with E-state index in [2.05, 4.69) is 9.88 Å². The van der Waals surface area contributed by atoms with Crippen molar-refractivity contribution in [2.45, 2.75) is 26.8 Å². The lowest BCUT2D eigenvalue weighted by Crippen LogP contribution is -2.31. The lowest BCUT2D eigenvalue weighted by Gasteiger charge is -2.19. The zero-order chi connectivity index (χ0) is 11.8. The Labute approximate surface area is 98.9 Å². The van der Waals surface area contributed by atoms with Gasteiger partial charge in [-0.05, 0) is 26.8 Å². The first-order valence-corrected chi connectivity index (χ1v) is 6.18. The third-order valence-corrected chi connectivity index (χ3v) is 4.01. The molecule has 0 saturated carbocycles. The lowest BCUT2D eigenvalue weighted by molar-refractivity contribution is -0.147. The maximum absolute atomic E-state index is 11.1. The summed E-state index contributed by atoms with van der Waals surface area (Å²) in [6.45, 7) is 6.14. The van der Waals surface area contributed by atoms with Crippen LogP contribution in [0.15, 0.2) is 6.20 Å². The van der Waals surface area contributed by atoms with Crippen LogP contribution >= 0.6 is 11.3 Å². The monoisotopic (exact) mass is 240 g/mol. The van der Waals surface area contributed by atoms with Gasteiger partial charge in [0.15, 0.2) is 0 Å². The molecule has 1 saturated heterocycles. The molecular weight excluding hydrogens is 224 g/mol. The number of aromatic nitrogens is 1. The zero-order valence-corrected chi connectivity index (χ0v) is 10.4. The van der Waals surface area contributed by atoms with E-state index in [-0.39, 0.29) is 0 Å². The molecule has 0 bridgehead atoms. The van der Waals surface area contributed by atoms with E-state index >= 15 is 0 Å². The summed E-state index contributed by atoms with van der Waals surface area (Å²) < 4.78 is 0. The summed E-state index contributed by atoms with van der Waals surface area (Å²) in [7, 11) is 0. The van der Waals surface area contributed by atoms with Crippen LogP contribution in [0.1, 0.15) is 23.2 Å². The van der Waals surface area contributed by atoms with Crippen LogP contribution < -0.4 is 0 Å². The average Bonchev–Trinajstić information content (AvgIpc) is 2.75. The normalized spacial score (nSPS) is 26.1. The van der Waals surface area contributed by atoms with Crippen LogP contribution in [-0.2, 0) is 11.3 Å². The third-order valence-electron chi connectivity index (χ3n) is 3.12. The minimum atomic E-state index is -0.685. The Hall–Kier alpha value is -0.940. The molecule has 0 aromatic carbocycles. The Kier molecular flexibility index (Phi) is 2.99. The number of carboxylic acid groups (broad SMARTS) is 1.